The van der Waals surface area contributed by atoms with Crippen molar-refractivity contribution in [1.29, 1.82) is 0 Å². The number of aromatic nitrogens is 1. The molecule has 0 aromatic carbocycles. The molecule has 0 unspecified atom stereocenters. The third-order valence-corrected chi connectivity index (χ3v) is 1.81. The number of hydrogen-bond acceptors (Lipinski definition) is 3. The van der Waals surface area contributed by atoms with Crippen molar-refractivity contribution in [2.45, 2.75) is 19.7 Å². The van der Waals surface area contributed by atoms with Crippen molar-refractivity contribution in [2.24, 2.45) is 0 Å². The van der Waals surface area contributed by atoms with Crippen molar-refractivity contribution in [1.82, 2.24) is 4.98 Å². The van der Waals surface area contributed by atoms with Gasteiger partial charge in [-0.1, -0.05) is 0 Å². The van der Waals surface area contributed by atoms with Crippen LogP contribution in [-0.2, 0) is 0 Å². The number of anilines is 1. The van der Waals surface area contributed by atoms with Gasteiger partial charge >= 0.3 is 6.36 Å². The van der Waals surface area contributed by atoms with Crippen molar-refractivity contribution in [3.63, 3.8) is 0 Å². The second kappa shape index (κ2) is 4.11. The van der Waals surface area contributed by atoms with Crippen LogP contribution >= 0.6 is 0 Å². The first kappa shape index (κ1) is 12.5. The number of nitrogen functional groups attached to an aromatic ring is 1. The van der Waals surface area contributed by atoms with Crippen LogP contribution in [0.5, 0.6) is 5.75 Å². The first-order chi connectivity index (χ1) is 7.22. The lowest BCUT2D eigenvalue weighted by Gasteiger charge is -2.14. The van der Waals surface area contributed by atoms with Crippen LogP contribution in [0.1, 0.15) is 17.6 Å². The first-order valence-corrected chi connectivity index (χ1v) is 4.01. The molecule has 0 radical (unpaired) electrons. The lowest BCUT2D eigenvalue weighted by Crippen LogP contribution is -2.18. The Labute approximate surface area is 87.0 Å². The molecule has 1 rings (SSSR count). The fourth-order valence-corrected chi connectivity index (χ4v) is 1.12. The van der Waals surface area contributed by atoms with Crippen LogP contribution < -0.4 is 10.5 Å². The number of alkyl halides is 5. The van der Waals surface area contributed by atoms with E-state index in [1.165, 1.54) is 0 Å². The predicted molar refractivity (Wildman–Crippen MR) is 45.0 cm³/mol. The molecule has 0 aliphatic heterocycles. The molecule has 8 heteroatoms. The van der Waals surface area contributed by atoms with E-state index in [4.69, 9.17) is 5.73 Å². The van der Waals surface area contributed by atoms with Gasteiger partial charge in [0.25, 0.3) is 6.43 Å². The maximum Gasteiger partial charge on any atom is 0.573 e. The zero-order chi connectivity index (χ0) is 12.5. The zero-order valence-corrected chi connectivity index (χ0v) is 7.98. The van der Waals surface area contributed by atoms with Gasteiger partial charge in [-0.25, -0.2) is 13.8 Å². The SMILES string of the molecule is Cc1c(OC(F)(F)F)cnc(N)c1C(F)F. The van der Waals surface area contributed by atoms with Crippen molar-refractivity contribution in [3.05, 3.63) is 17.3 Å². The number of halogens is 5. The first-order valence-electron chi connectivity index (χ1n) is 4.01. The third-order valence-electron chi connectivity index (χ3n) is 1.81. The summed E-state index contributed by atoms with van der Waals surface area (Å²) >= 11 is 0. The molecule has 90 valence electrons. The third kappa shape index (κ3) is 2.71. The Morgan fingerprint density at radius 1 is 1.38 bits per heavy atom. The van der Waals surface area contributed by atoms with Gasteiger partial charge in [0.05, 0.1) is 11.8 Å². The molecule has 2 N–H and O–H groups in total. The molecule has 1 aromatic rings. The summed E-state index contributed by atoms with van der Waals surface area (Å²) in [5.41, 5.74) is 4.00. The number of pyridine rings is 1. The highest BCUT2D eigenvalue weighted by Crippen LogP contribution is 2.34. The van der Waals surface area contributed by atoms with E-state index >= 15 is 0 Å². The molecule has 0 aliphatic carbocycles. The van der Waals surface area contributed by atoms with Crippen LogP contribution in [0.2, 0.25) is 0 Å². The zero-order valence-electron chi connectivity index (χ0n) is 7.98. The van der Waals surface area contributed by atoms with E-state index in [1.807, 2.05) is 0 Å². The van der Waals surface area contributed by atoms with Crippen molar-refractivity contribution in [2.75, 3.05) is 5.73 Å². The molecular formula is C8H7F5N2O. The molecule has 16 heavy (non-hydrogen) atoms. The quantitative estimate of drug-likeness (QED) is 0.811. The van der Waals surface area contributed by atoms with Gasteiger partial charge in [-0.3, -0.25) is 0 Å². The minimum Gasteiger partial charge on any atom is -0.404 e. The summed E-state index contributed by atoms with van der Waals surface area (Å²) in [6.45, 7) is 1.06. The molecule has 0 bridgehead atoms. The molecule has 1 heterocycles. The van der Waals surface area contributed by atoms with Gasteiger partial charge in [0.2, 0.25) is 0 Å². The molecule has 0 amide bonds. The van der Waals surface area contributed by atoms with Gasteiger partial charge in [0, 0.05) is 5.56 Å². The van der Waals surface area contributed by atoms with Gasteiger partial charge < -0.3 is 10.5 Å². The van der Waals surface area contributed by atoms with Gasteiger partial charge in [0.1, 0.15) is 5.82 Å². The topological polar surface area (TPSA) is 48.1 Å². The molecule has 0 atom stereocenters. The average Bonchev–Trinajstić information content (AvgIpc) is 2.07. The minimum absolute atomic E-state index is 0.375. The molecule has 3 nitrogen and oxygen atoms in total. The second-order valence-electron chi connectivity index (χ2n) is 2.89. The van der Waals surface area contributed by atoms with Crippen molar-refractivity contribution in [3.8, 4) is 5.75 Å². The summed E-state index contributed by atoms with van der Waals surface area (Å²) < 4.78 is 64.1. The summed E-state index contributed by atoms with van der Waals surface area (Å²) in [6.07, 6.45) is -7.31. The minimum atomic E-state index is -4.96. The number of ether oxygens (including phenoxy) is 1. The Hall–Kier alpha value is -1.60. The number of nitrogens with two attached hydrogens (primary N) is 1. The molecule has 0 spiro atoms. The average molecular weight is 242 g/mol. The predicted octanol–water partition coefficient (Wildman–Crippen LogP) is 2.81. The summed E-state index contributed by atoms with van der Waals surface area (Å²) in [7, 11) is 0. The van der Waals surface area contributed by atoms with Gasteiger partial charge in [-0.05, 0) is 6.92 Å². The van der Waals surface area contributed by atoms with Gasteiger partial charge in [0.15, 0.2) is 5.75 Å². The van der Waals surface area contributed by atoms with Crippen LogP contribution in [0.4, 0.5) is 27.8 Å². The van der Waals surface area contributed by atoms with E-state index in [9.17, 15) is 22.0 Å². The summed E-state index contributed by atoms with van der Waals surface area (Å²) in [4.78, 5) is 3.22. The van der Waals surface area contributed by atoms with Crippen LogP contribution in [-0.4, -0.2) is 11.3 Å². The molecule has 0 fully saturated rings. The fourth-order valence-electron chi connectivity index (χ4n) is 1.12. The van der Waals surface area contributed by atoms with E-state index in [0.717, 1.165) is 6.92 Å². The van der Waals surface area contributed by atoms with Crippen molar-refractivity contribution < 1.29 is 26.7 Å². The van der Waals surface area contributed by atoms with Gasteiger partial charge in [-0.15, -0.1) is 13.2 Å². The van der Waals surface area contributed by atoms with Crippen LogP contribution in [0.25, 0.3) is 0 Å². The maximum atomic E-state index is 12.4. The Bertz CT molecular complexity index is 391. The lowest BCUT2D eigenvalue weighted by atomic mass is 10.1. The van der Waals surface area contributed by atoms with E-state index in [2.05, 4.69) is 9.72 Å². The van der Waals surface area contributed by atoms with Gasteiger partial charge in [-0.2, -0.15) is 0 Å². The normalized spacial score (nSPS) is 11.9. The van der Waals surface area contributed by atoms with E-state index in [-0.39, 0.29) is 5.56 Å². The number of nitrogens with zero attached hydrogens (tertiary/aromatic N) is 1. The summed E-state index contributed by atoms with van der Waals surface area (Å²) in [5, 5.41) is 0. The Kier molecular flexibility index (Phi) is 3.20. The fraction of sp³-hybridized carbons (Fsp3) is 0.375. The Balaban J connectivity index is 3.19. The van der Waals surface area contributed by atoms with Crippen LogP contribution in [0, 0.1) is 6.92 Å². The van der Waals surface area contributed by atoms with Crippen LogP contribution in [0.15, 0.2) is 6.20 Å². The highest BCUT2D eigenvalue weighted by atomic mass is 19.4. The number of rotatable bonds is 2. The highest BCUT2D eigenvalue weighted by Gasteiger charge is 2.33. The molecule has 0 saturated carbocycles. The molecule has 1 aromatic heterocycles. The van der Waals surface area contributed by atoms with E-state index < -0.39 is 29.9 Å². The summed E-state index contributed by atoms with van der Waals surface area (Å²) in [6, 6.07) is 0. The summed E-state index contributed by atoms with van der Waals surface area (Å²) in [5.74, 6) is -1.29. The highest BCUT2D eigenvalue weighted by molar-refractivity contribution is 5.50. The largest absolute Gasteiger partial charge is 0.573 e. The standard InChI is InChI=1S/C8H7F5N2O/c1-3-4(16-8(11,12)13)2-15-7(14)5(3)6(9)10/h2,6H,1H3,(H2,14,15). The smallest absolute Gasteiger partial charge is 0.404 e. The van der Waals surface area contributed by atoms with E-state index in [0.29, 0.717) is 6.20 Å². The second-order valence-corrected chi connectivity index (χ2v) is 2.89. The molecule has 0 saturated heterocycles. The van der Waals surface area contributed by atoms with Crippen LogP contribution in [0.3, 0.4) is 0 Å². The monoisotopic (exact) mass is 242 g/mol. The lowest BCUT2D eigenvalue weighted by molar-refractivity contribution is -0.275. The Morgan fingerprint density at radius 2 is 1.94 bits per heavy atom. The van der Waals surface area contributed by atoms with E-state index in [1.54, 1.807) is 0 Å². The molecule has 0 aliphatic rings. The number of hydrogen-bond donors (Lipinski definition) is 1. The van der Waals surface area contributed by atoms with Crippen molar-refractivity contribution >= 4 is 5.82 Å². The maximum absolute atomic E-state index is 12.4. The Morgan fingerprint density at radius 3 is 2.38 bits per heavy atom. The molecular weight excluding hydrogens is 235 g/mol.